The molecule has 0 amide bonds. The molecular weight excluding hydrogens is 331 g/mol. The zero-order valence-corrected chi connectivity index (χ0v) is 13.2. The fourth-order valence-electron chi connectivity index (χ4n) is 2.04. The van der Waals surface area contributed by atoms with Crippen LogP contribution < -0.4 is 5.32 Å². The number of carbonyl (C=O) groups is 1. The van der Waals surface area contributed by atoms with Crippen molar-refractivity contribution in [3.8, 4) is 5.75 Å². The topological polar surface area (TPSA) is 102 Å². The minimum Gasteiger partial charge on any atom is -0.505 e. The molecule has 0 aliphatic carbocycles. The lowest BCUT2D eigenvalue weighted by atomic mass is 10.1. The zero-order chi connectivity index (χ0) is 18.4. The molecule has 0 atom stereocenters. The Balaban J connectivity index is 2.19. The van der Waals surface area contributed by atoms with Crippen LogP contribution in [0.15, 0.2) is 42.5 Å². The van der Waals surface area contributed by atoms with Crippen molar-refractivity contribution in [3.63, 3.8) is 0 Å². The van der Waals surface area contributed by atoms with E-state index in [1.165, 1.54) is 37.5 Å². The van der Waals surface area contributed by atoms with Gasteiger partial charge in [0.2, 0.25) is 0 Å². The molecule has 2 aromatic carbocycles. The lowest BCUT2D eigenvalue weighted by Gasteiger charge is -2.08. The van der Waals surface area contributed by atoms with Crippen molar-refractivity contribution in [3.05, 3.63) is 69.5 Å². The van der Waals surface area contributed by atoms with Gasteiger partial charge in [0, 0.05) is 18.7 Å². The van der Waals surface area contributed by atoms with Gasteiger partial charge in [0.15, 0.2) is 11.6 Å². The molecule has 130 valence electrons. The summed E-state index contributed by atoms with van der Waals surface area (Å²) in [6, 6.07) is 8.24. The molecule has 0 aliphatic heterocycles. The summed E-state index contributed by atoms with van der Waals surface area (Å²) in [5.41, 5.74) is 1.03. The summed E-state index contributed by atoms with van der Waals surface area (Å²) in [6.07, 6.45) is 2.56. The first kappa shape index (κ1) is 17.9. The third kappa shape index (κ3) is 4.77. The number of anilines is 1. The molecule has 0 unspecified atom stereocenters. The van der Waals surface area contributed by atoms with Gasteiger partial charge in [-0.2, -0.15) is 0 Å². The first-order valence-corrected chi connectivity index (χ1v) is 7.16. The maximum Gasteiger partial charge on any atom is 0.330 e. The number of rotatable bonds is 6. The van der Waals surface area contributed by atoms with E-state index < -0.39 is 22.5 Å². The molecular formula is C17H15FN2O5. The molecule has 0 saturated carbocycles. The Labute approximate surface area is 142 Å². The van der Waals surface area contributed by atoms with Crippen LogP contribution in [0.1, 0.15) is 11.1 Å². The highest BCUT2D eigenvalue weighted by molar-refractivity contribution is 5.87. The number of carbonyl (C=O) groups excluding carboxylic acids is 1. The SMILES string of the molecule is COC(=O)/C=C/c1ccc(NCc2ccc(O)c(F)c2)c([N+](=O)[O-])c1. The first-order valence-electron chi connectivity index (χ1n) is 7.16. The van der Waals surface area contributed by atoms with E-state index in [0.29, 0.717) is 11.1 Å². The van der Waals surface area contributed by atoms with E-state index >= 15 is 0 Å². The summed E-state index contributed by atoms with van der Waals surface area (Å²) in [5.74, 6) is -1.80. The number of nitro groups is 1. The van der Waals surface area contributed by atoms with Gasteiger partial charge in [-0.1, -0.05) is 12.1 Å². The molecule has 0 spiro atoms. The molecule has 2 rings (SSSR count). The highest BCUT2D eigenvalue weighted by Gasteiger charge is 2.14. The van der Waals surface area contributed by atoms with Crippen LogP contribution in [-0.4, -0.2) is 23.1 Å². The number of nitro benzene ring substituents is 1. The van der Waals surface area contributed by atoms with Crippen LogP contribution in [0.5, 0.6) is 5.75 Å². The van der Waals surface area contributed by atoms with Gasteiger partial charge < -0.3 is 15.2 Å². The van der Waals surface area contributed by atoms with E-state index in [1.807, 2.05) is 0 Å². The summed E-state index contributed by atoms with van der Waals surface area (Å²) in [7, 11) is 1.23. The van der Waals surface area contributed by atoms with Gasteiger partial charge in [0.25, 0.3) is 5.69 Å². The van der Waals surface area contributed by atoms with Gasteiger partial charge in [-0.25, -0.2) is 9.18 Å². The largest absolute Gasteiger partial charge is 0.505 e. The Morgan fingerprint density at radius 1 is 1.36 bits per heavy atom. The molecule has 0 saturated heterocycles. The van der Waals surface area contributed by atoms with Gasteiger partial charge >= 0.3 is 5.97 Å². The van der Waals surface area contributed by atoms with Crippen LogP contribution in [-0.2, 0) is 16.1 Å². The van der Waals surface area contributed by atoms with E-state index in [9.17, 15) is 19.3 Å². The Kier molecular flexibility index (Phi) is 5.67. The van der Waals surface area contributed by atoms with Crippen molar-refractivity contribution in [1.29, 1.82) is 0 Å². The summed E-state index contributed by atoms with van der Waals surface area (Å²) in [6.45, 7) is 0.134. The average Bonchev–Trinajstić information content (AvgIpc) is 2.60. The highest BCUT2D eigenvalue weighted by atomic mass is 19.1. The number of ether oxygens (including phenoxy) is 1. The van der Waals surface area contributed by atoms with Crippen molar-refractivity contribution in [2.24, 2.45) is 0 Å². The lowest BCUT2D eigenvalue weighted by molar-refractivity contribution is -0.384. The van der Waals surface area contributed by atoms with Crippen molar-refractivity contribution < 1.29 is 24.0 Å². The van der Waals surface area contributed by atoms with Crippen molar-refractivity contribution >= 4 is 23.4 Å². The number of nitrogens with one attached hydrogen (secondary N) is 1. The number of aromatic hydroxyl groups is 1. The van der Waals surface area contributed by atoms with E-state index in [4.69, 9.17) is 5.11 Å². The molecule has 0 aliphatic rings. The van der Waals surface area contributed by atoms with Crippen molar-refractivity contribution in [2.75, 3.05) is 12.4 Å². The summed E-state index contributed by atoms with van der Waals surface area (Å²) in [5, 5.41) is 23.3. The molecule has 0 bridgehead atoms. The number of hydrogen-bond donors (Lipinski definition) is 2. The summed E-state index contributed by atoms with van der Waals surface area (Å²) >= 11 is 0. The molecule has 0 fully saturated rings. The Bertz CT molecular complexity index is 836. The molecule has 25 heavy (non-hydrogen) atoms. The predicted molar refractivity (Wildman–Crippen MR) is 89.5 cm³/mol. The van der Waals surface area contributed by atoms with Crippen molar-refractivity contribution in [1.82, 2.24) is 0 Å². The molecule has 7 nitrogen and oxygen atoms in total. The van der Waals surface area contributed by atoms with E-state index in [1.54, 1.807) is 6.07 Å². The maximum absolute atomic E-state index is 13.3. The minimum absolute atomic E-state index is 0.134. The molecule has 2 aromatic rings. The Morgan fingerprint density at radius 2 is 2.12 bits per heavy atom. The average molecular weight is 346 g/mol. The third-order valence-electron chi connectivity index (χ3n) is 3.33. The van der Waals surface area contributed by atoms with Gasteiger partial charge in [0.1, 0.15) is 5.69 Å². The molecule has 0 radical (unpaired) electrons. The smallest absolute Gasteiger partial charge is 0.330 e. The minimum atomic E-state index is -0.767. The van der Waals surface area contributed by atoms with Gasteiger partial charge in [-0.05, 0) is 35.4 Å². The highest BCUT2D eigenvalue weighted by Crippen LogP contribution is 2.27. The Morgan fingerprint density at radius 3 is 2.76 bits per heavy atom. The quantitative estimate of drug-likeness (QED) is 0.360. The number of nitrogens with zero attached hydrogens (tertiary/aromatic N) is 1. The van der Waals surface area contributed by atoms with Gasteiger partial charge in [-0.15, -0.1) is 0 Å². The number of halogens is 1. The van der Waals surface area contributed by atoms with Gasteiger partial charge in [0.05, 0.1) is 12.0 Å². The molecule has 2 N–H and O–H groups in total. The number of phenols is 1. The number of phenolic OH excluding ortho intramolecular Hbond substituents is 1. The fourth-order valence-corrected chi connectivity index (χ4v) is 2.04. The van der Waals surface area contributed by atoms with Crippen molar-refractivity contribution in [2.45, 2.75) is 6.54 Å². The molecule has 0 aromatic heterocycles. The Hall–Kier alpha value is -3.42. The van der Waals surface area contributed by atoms with Crippen LogP contribution >= 0.6 is 0 Å². The zero-order valence-electron chi connectivity index (χ0n) is 13.2. The van der Waals surface area contributed by atoms with E-state index in [2.05, 4.69) is 10.1 Å². The van der Waals surface area contributed by atoms with Crippen LogP contribution in [0.3, 0.4) is 0 Å². The third-order valence-corrected chi connectivity index (χ3v) is 3.33. The number of esters is 1. The number of methoxy groups -OCH3 is 1. The molecule has 8 heteroatoms. The van der Waals surface area contributed by atoms with Gasteiger partial charge in [-0.3, -0.25) is 10.1 Å². The second-order valence-corrected chi connectivity index (χ2v) is 5.03. The summed E-state index contributed by atoms with van der Waals surface area (Å²) < 4.78 is 17.8. The normalized spacial score (nSPS) is 10.6. The van der Waals surface area contributed by atoms with E-state index in [-0.39, 0.29) is 17.9 Å². The standard InChI is InChI=1S/C17H15FN2O5/c1-25-17(22)7-4-11-2-5-14(15(9-11)20(23)24)19-10-12-3-6-16(21)13(18)8-12/h2-9,19,21H,10H2,1H3/b7-4+. The second kappa shape index (κ2) is 7.91. The van der Waals surface area contributed by atoms with Crippen LogP contribution in [0, 0.1) is 15.9 Å². The number of hydrogen-bond acceptors (Lipinski definition) is 6. The maximum atomic E-state index is 13.3. The van der Waals surface area contributed by atoms with Crippen LogP contribution in [0.4, 0.5) is 15.8 Å². The molecule has 0 heterocycles. The van der Waals surface area contributed by atoms with Crippen LogP contribution in [0.2, 0.25) is 0 Å². The predicted octanol–water partition coefficient (Wildman–Crippen LogP) is 3.24. The fraction of sp³-hybridized carbons (Fsp3) is 0.118. The number of benzene rings is 2. The first-order chi connectivity index (χ1) is 11.9. The van der Waals surface area contributed by atoms with E-state index in [0.717, 1.165) is 12.1 Å². The summed E-state index contributed by atoms with van der Waals surface area (Å²) in [4.78, 5) is 21.8. The van der Waals surface area contributed by atoms with Crippen LogP contribution in [0.25, 0.3) is 6.08 Å². The second-order valence-electron chi connectivity index (χ2n) is 5.03. The monoisotopic (exact) mass is 346 g/mol. The lowest BCUT2D eigenvalue weighted by Crippen LogP contribution is -2.03.